The summed E-state index contributed by atoms with van der Waals surface area (Å²) < 4.78 is 7.09. The van der Waals surface area contributed by atoms with Crippen LogP contribution < -0.4 is 30.1 Å². The molecule has 1 nitrogen and oxygen atoms in total. The van der Waals surface area contributed by atoms with Crippen molar-refractivity contribution in [3.63, 3.8) is 0 Å². The third kappa shape index (κ3) is 4.87. The zero-order chi connectivity index (χ0) is 20.9. The molecule has 0 spiro atoms. The maximum atomic E-state index is 6.50. The Morgan fingerprint density at radius 2 is 1.56 bits per heavy atom. The molecular formula is C27H28Cl2OPZr. The fourth-order valence-electron chi connectivity index (χ4n) is 4.45. The van der Waals surface area contributed by atoms with Gasteiger partial charge in [0.05, 0.1) is 0 Å². The minimum absolute atomic E-state index is 0. The van der Waals surface area contributed by atoms with E-state index in [1.54, 1.807) is 5.57 Å². The first-order chi connectivity index (χ1) is 14.5. The van der Waals surface area contributed by atoms with E-state index in [9.17, 15) is 0 Å². The zero-order valence-electron chi connectivity index (χ0n) is 18.9. The minimum atomic E-state index is -1.94. The molecule has 0 bridgehead atoms. The van der Waals surface area contributed by atoms with Crippen molar-refractivity contribution in [1.82, 2.24) is 0 Å². The van der Waals surface area contributed by atoms with Gasteiger partial charge in [-0.25, -0.2) is 0 Å². The summed E-state index contributed by atoms with van der Waals surface area (Å²) in [5.74, 6) is 0. The normalized spacial score (nSPS) is 18.9. The van der Waals surface area contributed by atoms with Gasteiger partial charge in [0, 0.05) is 0 Å². The van der Waals surface area contributed by atoms with Crippen LogP contribution in [0.4, 0.5) is 0 Å². The predicted molar refractivity (Wildman–Crippen MR) is 126 cm³/mol. The molecule has 2 aliphatic rings. The van der Waals surface area contributed by atoms with Crippen molar-refractivity contribution in [2.45, 2.75) is 43.2 Å². The Bertz CT molecular complexity index is 1110. The molecule has 1 aliphatic heterocycles. The molecule has 1 saturated heterocycles. The average molecular weight is 562 g/mol. The molecule has 1 fully saturated rings. The summed E-state index contributed by atoms with van der Waals surface area (Å²) in [5.41, 5.74) is 8.52. The molecule has 0 radical (unpaired) electrons. The first-order valence-corrected chi connectivity index (χ1v) is 17.8. The molecule has 3 aromatic rings. The van der Waals surface area contributed by atoms with Crippen LogP contribution in [0.2, 0.25) is 0 Å². The zero-order valence-corrected chi connectivity index (χ0v) is 23.8. The van der Waals surface area contributed by atoms with Crippen LogP contribution in [0.15, 0.2) is 78.4 Å². The quantitative estimate of drug-likeness (QED) is 0.349. The van der Waals surface area contributed by atoms with Crippen molar-refractivity contribution < 1.29 is 49.0 Å². The molecule has 0 N–H and O–H groups in total. The Labute approximate surface area is 213 Å². The van der Waals surface area contributed by atoms with Gasteiger partial charge in [0.15, 0.2) is 0 Å². The summed E-state index contributed by atoms with van der Waals surface area (Å²) in [5, 5.41) is 1.44. The molecular weight excluding hydrogens is 533 g/mol. The van der Waals surface area contributed by atoms with E-state index in [0.29, 0.717) is 3.63 Å². The monoisotopic (exact) mass is 559 g/mol. The molecule has 0 saturated carbocycles. The van der Waals surface area contributed by atoms with E-state index >= 15 is 0 Å². The van der Waals surface area contributed by atoms with Crippen LogP contribution in [0.1, 0.15) is 54.4 Å². The summed E-state index contributed by atoms with van der Waals surface area (Å²) in [7, 11) is 0. The summed E-state index contributed by atoms with van der Waals surface area (Å²) in [6, 6.07) is 27.0. The van der Waals surface area contributed by atoms with Gasteiger partial charge in [-0.05, 0) is 0 Å². The van der Waals surface area contributed by atoms with Gasteiger partial charge in [-0.2, -0.15) is 0 Å². The second kappa shape index (κ2) is 10.3. The van der Waals surface area contributed by atoms with Crippen molar-refractivity contribution in [2.24, 2.45) is 0 Å². The molecule has 5 heteroatoms. The van der Waals surface area contributed by atoms with E-state index in [2.05, 4.69) is 107 Å². The Morgan fingerprint density at radius 1 is 0.875 bits per heavy atom. The number of benzene rings is 3. The van der Waals surface area contributed by atoms with Gasteiger partial charge in [-0.15, -0.1) is 0 Å². The van der Waals surface area contributed by atoms with Gasteiger partial charge in [-0.3, -0.25) is 0 Å². The van der Waals surface area contributed by atoms with Gasteiger partial charge < -0.3 is 24.8 Å². The van der Waals surface area contributed by atoms with Gasteiger partial charge in [0.2, 0.25) is 0 Å². The molecule has 0 aromatic heterocycles. The maximum Gasteiger partial charge on any atom is -1.00 e. The Kier molecular flexibility index (Phi) is 8.29. The predicted octanol–water partition coefficient (Wildman–Crippen LogP) is 1.71. The van der Waals surface area contributed by atoms with E-state index in [1.165, 1.54) is 33.1 Å². The number of allylic oxidation sites excluding steroid dienone is 1. The van der Waals surface area contributed by atoms with Crippen molar-refractivity contribution in [3.05, 3.63) is 95.1 Å². The smallest absolute Gasteiger partial charge is 1.00 e. The number of halogens is 2. The minimum Gasteiger partial charge on any atom is -1.00 e. The fourth-order valence-corrected chi connectivity index (χ4v) is 20.7. The van der Waals surface area contributed by atoms with E-state index in [-0.39, 0.29) is 35.7 Å². The second-order valence-electron chi connectivity index (χ2n) is 9.20. The molecule has 0 amide bonds. The Balaban J connectivity index is 0.00000144. The maximum absolute atomic E-state index is 6.50. The molecule has 1 heterocycles. The van der Waals surface area contributed by atoms with Crippen molar-refractivity contribution in [2.75, 3.05) is 0 Å². The topological polar surface area (TPSA) is 12.5 Å². The largest absolute Gasteiger partial charge is 1.00 e. The second-order valence-corrected chi connectivity index (χ2v) is 20.5. The summed E-state index contributed by atoms with van der Waals surface area (Å²) in [6.07, 6.45) is 3.61. The van der Waals surface area contributed by atoms with Crippen LogP contribution in [0.3, 0.4) is 0 Å². The molecule has 2 atom stereocenters. The van der Waals surface area contributed by atoms with Crippen molar-refractivity contribution >= 4 is 16.8 Å². The number of fused-ring (bicyclic) bond motifs is 1. The Morgan fingerprint density at radius 3 is 2.19 bits per heavy atom. The molecule has 3 aromatic carbocycles. The van der Waals surface area contributed by atoms with Crippen LogP contribution in [0, 0.1) is 0 Å². The Hall–Kier alpha value is -0.747. The van der Waals surface area contributed by atoms with Crippen LogP contribution in [0.25, 0.3) is 17.2 Å². The number of hydrogen-bond acceptors (Lipinski definition) is 1. The fraction of sp³-hybridized carbons (Fsp3) is 0.259. The van der Waals surface area contributed by atoms with E-state index < -0.39 is 21.6 Å². The standard InChI is InChI=1S/C21H23.C6H5OP.2ClH.Zr/c1-5-15-13-17-7-6-8-19(20(17)14-15)16-9-11-18(12-10-16)21(2,3)4;7-8-6-4-2-1-3-5-6;;;/h6-14H,5H2,1-4H3;1-5H;2*1H;/q;-2;;;+4/p-2. The number of rotatable bonds is 4. The molecule has 165 valence electrons. The van der Waals surface area contributed by atoms with E-state index in [0.717, 1.165) is 6.42 Å². The first kappa shape index (κ1) is 25.9. The van der Waals surface area contributed by atoms with Gasteiger partial charge in [0.25, 0.3) is 0 Å². The van der Waals surface area contributed by atoms with Crippen molar-refractivity contribution in [1.29, 1.82) is 0 Å². The summed E-state index contributed by atoms with van der Waals surface area (Å²) in [6.45, 7) is 9.13. The van der Waals surface area contributed by atoms with Gasteiger partial charge in [0.1, 0.15) is 0 Å². The van der Waals surface area contributed by atoms with E-state index in [1.807, 2.05) is 0 Å². The van der Waals surface area contributed by atoms with E-state index in [4.69, 9.17) is 2.60 Å². The van der Waals surface area contributed by atoms with Gasteiger partial charge in [-0.1, -0.05) is 0 Å². The summed E-state index contributed by atoms with van der Waals surface area (Å²) in [4.78, 5) is 0. The molecule has 1 aliphatic carbocycles. The molecule has 32 heavy (non-hydrogen) atoms. The molecule has 5 rings (SSSR count). The van der Waals surface area contributed by atoms with Crippen LogP contribution in [-0.4, -0.2) is 0 Å². The van der Waals surface area contributed by atoms with Gasteiger partial charge >= 0.3 is 190 Å². The third-order valence-corrected chi connectivity index (χ3v) is 19.2. The van der Waals surface area contributed by atoms with Crippen LogP contribution in [-0.2, 0) is 29.6 Å². The molecule has 2 unspecified atom stereocenters. The third-order valence-electron chi connectivity index (χ3n) is 6.21. The first-order valence-electron chi connectivity index (χ1n) is 10.8. The SMILES string of the molecule is CCC1=Cc2c(-c3ccc(C(C)(C)C)cc3)cccc2[CH]1[Zr+2]1[O][P]1c1ccccc1.[Cl-].[Cl-]. The van der Waals surface area contributed by atoms with Crippen LogP contribution >= 0.6 is 5.44 Å². The number of hydrogen-bond donors (Lipinski definition) is 0. The average Bonchev–Trinajstić information content (AvgIpc) is 3.45. The summed E-state index contributed by atoms with van der Waals surface area (Å²) >= 11 is -1.94. The van der Waals surface area contributed by atoms with Crippen molar-refractivity contribution in [3.8, 4) is 11.1 Å². The van der Waals surface area contributed by atoms with Crippen LogP contribution in [0.5, 0.6) is 0 Å².